The standard InChI is InChI=1S/C8H17O3P/c1-4-12(9)10-7(2)5-6-8(3)11-12/h7-8H,4-6H2,1-3H3/t7-,8-/m0/s1. The van der Waals surface area contributed by atoms with Crippen molar-refractivity contribution >= 4 is 7.60 Å². The third-order valence-corrected chi connectivity index (χ3v) is 4.18. The molecule has 1 saturated heterocycles. The van der Waals surface area contributed by atoms with Crippen molar-refractivity contribution in [1.29, 1.82) is 0 Å². The Morgan fingerprint density at radius 1 is 1.25 bits per heavy atom. The van der Waals surface area contributed by atoms with Crippen LogP contribution < -0.4 is 0 Å². The number of rotatable bonds is 1. The molecule has 2 atom stereocenters. The molecule has 0 amide bonds. The van der Waals surface area contributed by atoms with E-state index in [2.05, 4.69) is 0 Å². The van der Waals surface area contributed by atoms with Crippen molar-refractivity contribution in [2.75, 3.05) is 6.16 Å². The summed E-state index contributed by atoms with van der Waals surface area (Å²) >= 11 is 0. The van der Waals surface area contributed by atoms with Gasteiger partial charge in [-0.05, 0) is 26.7 Å². The van der Waals surface area contributed by atoms with Gasteiger partial charge in [-0.15, -0.1) is 0 Å². The molecule has 0 bridgehead atoms. The first kappa shape index (κ1) is 10.2. The molecule has 0 aromatic heterocycles. The van der Waals surface area contributed by atoms with Gasteiger partial charge in [0.25, 0.3) is 0 Å². The van der Waals surface area contributed by atoms with Crippen LogP contribution in [0.15, 0.2) is 0 Å². The van der Waals surface area contributed by atoms with E-state index in [9.17, 15) is 4.57 Å². The van der Waals surface area contributed by atoms with Gasteiger partial charge >= 0.3 is 7.60 Å². The van der Waals surface area contributed by atoms with Crippen molar-refractivity contribution in [3.05, 3.63) is 0 Å². The van der Waals surface area contributed by atoms with Crippen molar-refractivity contribution in [1.82, 2.24) is 0 Å². The highest BCUT2D eigenvalue weighted by Gasteiger charge is 2.30. The van der Waals surface area contributed by atoms with Crippen molar-refractivity contribution in [3.8, 4) is 0 Å². The molecule has 0 aromatic rings. The maximum absolute atomic E-state index is 11.8. The Morgan fingerprint density at radius 2 is 1.67 bits per heavy atom. The Morgan fingerprint density at radius 3 is 2.00 bits per heavy atom. The summed E-state index contributed by atoms with van der Waals surface area (Å²) in [7, 11) is -2.75. The summed E-state index contributed by atoms with van der Waals surface area (Å²) in [5, 5.41) is 0. The first-order valence-corrected chi connectivity index (χ1v) is 6.24. The minimum Gasteiger partial charge on any atom is -0.306 e. The van der Waals surface area contributed by atoms with E-state index in [4.69, 9.17) is 9.05 Å². The van der Waals surface area contributed by atoms with Crippen LogP contribution >= 0.6 is 7.60 Å². The van der Waals surface area contributed by atoms with E-state index in [0.29, 0.717) is 6.16 Å². The first-order chi connectivity index (χ1) is 5.56. The lowest BCUT2D eigenvalue weighted by Gasteiger charge is -2.18. The molecule has 0 N–H and O–H groups in total. The van der Waals surface area contributed by atoms with Crippen LogP contribution in [-0.2, 0) is 13.6 Å². The van der Waals surface area contributed by atoms with Crippen LogP contribution in [0.3, 0.4) is 0 Å². The van der Waals surface area contributed by atoms with Crippen molar-refractivity contribution in [3.63, 3.8) is 0 Å². The van der Waals surface area contributed by atoms with Gasteiger partial charge in [0.2, 0.25) is 0 Å². The van der Waals surface area contributed by atoms with E-state index in [1.807, 2.05) is 20.8 Å². The van der Waals surface area contributed by atoms with Gasteiger partial charge in [0.05, 0.1) is 12.2 Å². The van der Waals surface area contributed by atoms with Gasteiger partial charge < -0.3 is 9.05 Å². The van der Waals surface area contributed by atoms with E-state index in [-0.39, 0.29) is 12.2 Å². The van der Waals surface area contributed by atoms with Crippen molar-refractivity contribution in [2.45, 2.75) is 45.8 Å². The Bertz CT molecular complexity index is 177. The fourth-order valence-corrected chi connectivity index (χ4v) is 2.95. The molecular formula is C8H17O3P. The highest BCUT2D eigenvalue weighted by Crippen LogP contribution is 2.52. The van der Waals surface area contributed by atoms with Crippen molar-refractivity contribution in [2.24, 2.45) is 0 Å². The molecule has 1 aliphatic heterocycles. The quantitative estimate of drug-likeness (QED) is 0.599. The monoisotopic (exact) mass is 192 g/mol. The number of hydrogen-bond acceptors (Lipinski definition) is 3. The third kappa shape index (κ3) is 2.58. The second kappa shape index (κ2) is 3.91. The van der Waals surface area contributed by atoms with Crippen molar-refractivity contribution < 1.29 is 13.6 Å². The normalized spacial score (nSPS) is 35.9. The minimum atomic E-state index is -2.75. The topological polar surface area (TPSA) is 35.5 Å². The van der Waals surface area contributed by atoms with Gasteiger partial charge in [0, 0.05) is 6.16 Å². The summed E-state index contributed by atoms with van der Waals surface area (Å²) < 4.78 is 22.5. The molecule has 1 heterocycles. The lowest BCUT2D eigenvalue weighted by atomic mass is 10.1. The zero-order valence-electron chi connectivity index (χ0n) is 7.95. The van der Waals surface area contributed by atoms with Gasteiger partial charge in [-0.2, -0.15) is 0 Å². The molecule has 1 aliphatic rings. The van der Waals surface area contributed by atoms with Gasteiger partial charge in [-0.3, -0.25) is 4.57 Å². The maximum atomic E-state index is 11.8. The van der Waals surface area contributed by atoms with E-state index in [1.54, 1.807) is 0 Å². The lowest BCUT2D eigenvalue weighted by Crippen LogP contribution is -2.04. The molecule has 4 heteroatoms. The van der Waals surface area contributed by atoms with Crippen LogP contribution in [0, 0.1) is 0 Å². The Kier molecular flexibility index (Phi) is 3.33. The van der Waals surface area contributed by atoms with E-state index >= 15 is 0 Å². The van der Waals surface area contributed by atoms with Gasteiger partial charge in [-0.1, -0.05) is 6.92 Å². The highest BCUT2D eigenvalue weighted by molar-refractivity contribution is 7.53. The van der Waals surface area contributed by atoms with Crippen LogP contribution in [0.2, 0.25) is 0 Å². The molecule has 0 aromatic carbocycles. The lowest BCUT2D eigenvalue weighted by molar-refractivity contribution is 0.167. The summed E-state index contributed by atoms with van der Waals surface area (Å²) in [6.07, 6.45) is 2.49. The van der Waals surface area contributed by atoms with Crippen LogP contribution in [0.4, 0.5) is 0 Å². The average molecular weight is 192 g/mol. The summed E-state index contributed by atoms with van der Waals surface area (Å²) in [5.41, 5.74) is 0. The maximum Gasteiger partial charge on any atom is 0.330 e. The molecule has 3 nitrogen and oxygen atoms in total. The second-order valence-electron chi connectivity index (χ2n) is 3.34. The van der Waals surface area contributed by atoms with Crippen LogP contribution in [0.5, 0.6) is 0 Å². The Labute approximate surface area is 74.0 Å². The Balaban J connectivity index is 2.68. The second-order valence-corrected chi connectivity index (χ2v) is 5.61. The molecule has 0 unspecified atom stereocenters. The van der Waals surface area contributed by atoms with E-state index in [0.717, 1.165) is 12.8 Å². The average Bonchev–Trinajstić information content (AvgIpc) is 2.11. The molecule has 0 radical (unpaired) electrons. The molecule has 0 spiro atoms. The Hall–Kier alpha value is 0.150. The summed E-state index contributed by atoms with van der Waals surface area (Å²) in [4.78, 5) is 0. The number of hydrogen-bond donors (Lipinski definition) is 0. The highest BCUT2D eigenvalue weighted by atomic mass is 31.2. The minimum absolute atomic E-state index is 0.0701. The zero-order chi connectivity index (χ0) is 9.19. The van der Waals surface area contributed by atoms with Gasteiger partial charge in [0.1, 0.15) is 0 Å². The molecule has 0 saturated carbocycles. The first-order valence-electron chi connectivity index (χ1n) is 4.51. The molecule has 0 aliphatic carbocycles. The largest absolute Gasteiger partial charge is 0.330 e. The molecular weight excluding hydrogens is 175 g/mol. The predicted octanol–water partition coefficient (Wildman–Crippen LogP) is 2.80. The molecule has 1 rings (SSSR count). The smallest absolute Gasteiger partial charge is 0.306 e. The predicted molar refractivity (Wildman–Crippen MR) is 48.5 cm³/mol. The van der Waals surface area contributed by atoms with Crippen LogP contribution in [0.1, 0.15) is 33.6 Å². The van der Waals surface area contributed by atoms with E-state index in [1.165, 1.54) is 0 Å². The molecule has 1 fully saturated rings. The summed E-state index contributed by atoms with van der Waals surface area (Å²) in [5.74, 6) is 0. The van der Waals surface area contributed by atoms with E-state index < -0.39 is 7.60 Å². The SMILES string of the molecule is CCP1(=O)O[C@@H](C)CC[C@H](C)O1. The fourth-order valence-electron chi connectivity index (χ4n) is 1.30. The van der Waals surface area contributed by atoms with Crippen LogP contribution in [0.25, 0.3) is 0 Å². The van der Waals surface area contributed by atoms with Crippen LogP contribution in [-0.4, -0.2) is 18.4 Å². The molecule has 72 valence electrons. The third-order valence-electron chi connectivity index (χ3n) is 2.05. The van der Waals surface area contributed by atoms with Gasteiger partial charge in [0.15, 0.2) is 0 Å². The fraction of sp³-hybridized carbons (Fsp3) is 1.00. The van der Waals surface area contributed by atoms with Gasteiger partial charge in [-0.25, -0.2) is 0 Å². The molecule has 12 heavy (non-hydrogen) atoms. The zero-order valence-corrected chi connectivity index (χ0v) is 8.84. The summed E-state index contributed by atoms with van der Waals surface area (Å²) in [6.45, 7) is 5.74. The summed E-state index contributed by atoms with van der Waals surface area (Å²) in [6, 6.07) is 0.